The van der Waals surface area contributed by atoms with Gasteiger partial charge in [0, 0.05) is 18.5 Å². The van der Waals surface area contributed by atoms with E-state index < -0.39 is 5.60 Å². The second-order valence-electron chi connectivity index (χ2n) is 5.05. The molecule has 0 amide bonds. The van der Waals surface area contributed by atoms with Crippen LogP contribution in [0.5, 0.6) is 0 Å². The molecule has 2 rings (SSSR count). The quantitative estimate of drug-likeness (QED) is 0.783. The Morgan fingerprint density at radius 3 is 2.50 bits per heavy atom. The molecule has 0 saturated carbocycles. The fraction of sp³-hybridized carbons (Fsp3) is 0.571. The molecule has 2 nitrogen and oxygen atoms in total. The number of benzene rings is 1. The van der Waals surface area contributed by atoms with Gasteiger partial charge in [0.1, 0.15) is 0 Å². The molecule has 2 heteroatoms. The summed E-state index contributed by atoms with van der Waals surface area (Å²) in [6.07, 6.45) is 0.818. The third-order valence-corrected chi connectivity index (χ3v) is 4.29. The zero-order valence-electron chi connectivity index (χ0n) is 10.4. The Balaban J connectivity index is 2.32. The molecule has 1 N–H and O–H groups in total. The Bertz CT molecular complexity index is 351. The van der Waals surface area contributed by atoms with Crippen molar-refractivity contribution in [1.29, 1.82) is 0 Å². The molecule has 1 heterocycles. The van der Waals surface area contributed by atoms with Crippen molar-refractivity contribution in [2.45, 2.75) is 31.9 Å². The van der Waals surface area contributed by atoms with Crippen molar-refractivity contribution in [2.75, 3.05) is 13.6 Å². The van der Waals surface area contributed by atoms with E-state index in [4.69, 9.17) is 0 Å². The summed E-state index contributed by atoms with van der Waals surface area (Å²) in [5.74, 6) is 0.258. The van der Waals surface area contributed by atoms with Gasteiger partial charge in [0.05, 0.1) is 5.60 Å². The highest BCUT2D eigenvalue weighted by atomic mass is 16.3. The lowest BCUT2D eigenvalue weighted by molar-refractivity contribution is -0.0894. The Hall–Kier alpha value is -0.860. The van der Waals surface area contributed by atoms with Crippen LogP contribution < -0.4 is 0 Å². The van der Waals surface area contributed by atoms with Crippen molar-refractivity contribution >= 4 is 0 Å². The smallest absolute Gasteiger partial charge is 0.0948 e. The second-order valence-corrected chi connectivity index (χ2v) is 5.05. The van der Waals surface area contributed by atoms with Gasteiger partial charge in [-0.1, -0.05) is 37.3 Å². The Kier molecular flexibility index (Phi) is 3.04. The third-order valence-electron chi connectivity index (χ3n) is 4.29. The summed E-state index contributed by atoms with van der Waals surface area (Å²) < 4.78 is 0. The van der Waals surface area contributed by atoms with Crippen LogP contribution in [0, 0.1) is 5.92 Å². The molecule has 3 atom stereocenters. The lowest BCUT2D eigenvalue weighted by Gasteiger charge is -2.46. The maximum Gasteiger partial charge on any atom is 0.0948 e. The zero-order chi connectivity index (χ0) is 11.8. The van der Waals surface area contributed by atoms with E-state index in [1.54, 1.807) is 0 Å². The van der Waals surface area contributed by atoms with E-state index in [2.05, 4.69) is 25.8 Å². The average Bonchev–Trinajstić information content (AvgIpc) is 2.33. The first kappa shape index (κ1) is 11.6. The van der Waals surface area contributed by atoms with Crippen molar-refractivity contribution in [2.24, 2.45) is 5.92 Å². The summed E-state index contributed by atoms with van der Waals surface area (Å²) in [6.45, 7) is 5.29. The number of hydrogen-bond donors (Lipinski definition) is 1. The summed E-state index contributed by atoms with van der Waals surface area (Å²) >= 11 is 0. The monoisotopic (exact) mass is 219 g/mol. The van der Waals surface area contributed by atoms with Crippen molar-refractivity contribution in [3.05, 3.63) is 35.9 Å². The lowest BCUT2D eigenvalue weighted by atomic mass is 9.73. The molecule has 1 aromatic carbocycles. The average molecular weight is 219 g/mol. The largest absolute Gasteiger partial charge is 0.385 e. The topological polar surface area (TPSA) is 23.5 Å². The highest BCUT2D eigenvalue weighted by molar-refractivity contribution is 5.24. The number of hydrogen-bond acceptors (Lipinski definition) is 2. The molecule has 0 bridgehead atoms. The van der Waals surface area contributed by atoms with Gasteiger partial charge in [0.2, 0.25) is 0 Å². The van der Waals surface area contributed by atoms with Crippen molar-refractivity contribution in [3.8, 4) is 0 Å². The first-order valence-electron chi connectivity index (χ1n) is 6.04. The van der Waals surface area contributed by atoms with Gasteiger partial charge in [-0.15, -0.1) is 0 Å². The number of aliphatic hydroxyl groups is 1. The molecule has 0 aliphatic carbocycles. The van der Waals surface area contributed by atoms with Crippen LogP contribution in [0.4, 0.5) is 0 Å². The second kappa shape index (κ2) is 4.19. The number of rotatable bonds is 1. The zero-order valence-corrected chi connectivity index (χ0v) is 10.4. The van der Waals surface area contributed by atoms with Crippen molar-refractivity contribution in [3.63, 3.8) is 0 Å². The van der Waals surface area contributed by atoms with Crippen molar-refractivity contribution < 1.29 is 5.11 Å². The molecule has 1 aromatic rings. The van der Waals surface area contributed by atoms with E-state index in [0.717, 1.165) is 18.5 Å². The van der Waals surface area contributed by atoms with E-state index in [9.17, 15) is 5.11 Å². The minimum absolute atomic E-state index is 0.258. The number of nitrogens with zero attached hydrogens (tertiary/aromatic N) is 1. The molecule has 1 aliphatic rings. The molecule has 0 spiro atoms. The van der Waals surface area contributed by atoms with Crippen LogP contribution in [0.25, 0.3) is 0 Å². The lowest BCUT2D eigenvalue weighted by Crippen LogP contribution is -2.52. The van der Waals surface area contributed by atoms with Gasteiger partial charge >= 0.3 is 0 Å². The Morgan fingerprint density at radius 1 is 1.25 bits per heavy atom. The molecule has 88 valence electrons. The standard InChI is InChI=1S/C14H21NO/c1-11-12(2)15(3)10-9-14(11,16)13-7-5-4-6-8-13/h4-8,11-12,16H,9-10H2,1-3H3/t11-,12+,14-/m0/s1. The van der Waals surface area contributed by atoms with Gasteiger partial charge in [-0.2, -0.15) is 0 Å². The Morgan fingerprint density at radius 2 is 1.88 bits per heavy atom. The van der Waals surface area contributed by atoms with Crippen LogP contribution in [0.15, 0.2) is 30.3 Å². The van der Waals surface area contributed by atoms with E-state index in [1.165, 1.54) is 0 Å². The van der Waals surface area contributed by atoms with Gasteiger partial charge < -0.3 is 10.0 Å². The normalized spacial score (nSPS) is 36.2. The summed E-state index contributed by atoms with van der Waals surface area (Å²) in [4.78, 5) is 2.32. The number of piperidine rings is 1. The van der Waals surface area contributed by atoms with E-state index >= 15 is 0 Å². The van der Waals surface area contributed by atoms with E-state index in [1.807, 2.05) is 30.3 Å². The van der Waals surface area contributed by atoms with Crippen LogP contribution in [-0.2, 0) is 5.60 Å². The molecule has 16 heavy (non-hydrogen) atoms. The SMILES string of the molecule is C[C@@H]1[C@H](C)[C@](O)(c2ccccc2)CCN1C. The molecule has 0 unspecified atom stereocenters. The fourth-order valence-electron chi connectivity index (χ4n) is 2.69. The Labute approximate surface area is 97.9 Å². The van der Waals surface area contributed by atoms with Gasteiger partial charge in [0.15, 0.2) is 0 Å². The van der Waals surface area contributed by atoms with Gasteiger partial charge in [-0.05, 0) is 26.0 Å². The predicted molar refractivity (Wildman–Crippen MR) is 66.2 cm³/mol. The fourth-order valence-corrected chi connectivity index (χ4v) is 2.69. The highest BCUT2D eigenvalue weighted by Crippen LogP contribution is 2.39. The molecular formula is C14H21NO. The molecule has 0 aromatic heterocycles. The van der Waals surface area contributed by atoms with Crippen LogP contribution >= 0.6 is 0 Å². The minimum Gasteiger partial charge on any atom is -0.385 e. The molecule has 0 radical (unpaired) electrons. The summed E-state index contributed by atoms with van der Waals surface area (Å²) in [6, 6.07) is 10.5. The van der Waals surface area contributed by atoms with Crippen LogP contribution in [0.1, 0.15) is 25.8 Å². The van der Waals surface area contributed by atoms with E-state index in [-0.39, 0.29) is 5.92 Å². The molecule has 1 aliphatic heterocycles. The summed E-state index contributed by atoms with van der Waals surface area (Å²) in [7, 11) is 2.13. The van der Waals surface area contributed by atoms with Crippen LogP contribution in [0.3, 0.4) is 0 Å². The minimum atomic E-state index is -0.660. The first-order chi connectivity index (χ1) is 7.55. The third kappa shape index (κ3) is 1.76. The van der Waals surface area contributed by atoms with E-state index in [0.29, 0.717) is 6.04 Å². The highest BCUT2D eigenvalue weighted by Gasteiger charge is 2.43. The van der Waals surface area contributed by atoms with Gasteiger partial charge in [-0.3, -0.25) is 0 Å². The maximum atomic E-state index is 10.9. The van der Waals surface area contributed by atoms with Crippen LogP contribution in [-0.4, -0.2) is 29.6 Å². The summed E-state index contributed by atoms with van der Waals surface area (Å²) in [5, 5.41) is 10.9. The molecule has 1 saturated heterocycles. The van der Waals surface area contributed by atoms with Gasteiger partial charge in [0.25, 0.3) is 0 Å². The van der Waals surface area contributed by atoms with Crippen molar-refractivity contribution in [1.82, 2.24) is 4.90 Å². The molecular weight excluding hydrogens is 198 g/mol. The maximum absolute atomic E-state index is 10.9. The number of likely N-dealkylation sites (tertiary alicyclic amines) is 1. The summed E-state index contributed by atoms with van der Waals surface area (Å²) in [5.41, 5.74) is 0.398. The molecule has 1 fully saturated rings. The predicted octanol–water partition coefficient (Wildman–Crippen LogP) is 2.23. The van der Waals surface area contributed by atoms with Gasteiger partial charge in [-0.25, -0.2) is 0 Å². The van der Waals surface area contributed by atoms with Crippen LogP contribution in [0.2, 0.25) is 0 Å². The first-order valence-corrected chi connectivity index (χ1v) is 6.04.